The topological polar surface area (TPSA) is 51.0 Å². The molecule has 4 nitrogen and oxygen atoms in total. The fourth-order valence-electron chi connectivity index (χ4n) is 2.16. The molecule has 0 atom stereocenters. The molecular formula is C15H18BrN3O. The Hall–Kier alpha value is -1.36. The van der Waals surface area contributed by atoms with Crippen LogP contribution in [0.5, 0.6) is 0 Å². The predicted octanol–water partition coefficient (Wildman–Crippen LogP) is 4.51. The smallest absolute Gasteiger partial charge is 0.198 e. The molecule has 1 fully saturated rings. The minimum atomic E-state index is 0.559. The number of furan rings is 1. The molecule has 2 aromatic heterocycles. The van der Waals surface area contributed by atoms with Crippen molar-refractivity contribution in [3.8, 4) is 11.6 Å². The molecule has 5 heteroatoms. The minimum absolute atomic E-state index is 0.559. The molecule has 0 saturated heterocycles. The third-order valence-electron chi connectivity index (χ3n) is 3.45. The number of rotatable bonds is 5. The van der Waals surface area contributed by atoms with Crippen molar-refractivity contribution in [3.05, 3.63) is 28.1 Å². The molecule has 0 unspecified atom stereocenters. The monoisotopic (exact) mass is 335 g/mol. The number of aryl methyl sites for hydroxylation is 1. The van der Waals surface area contributed by atoms with Gasteiger partial charge < -0.3 is 9.73 Å². The second-order valence-corrected chi connectivity index (χ2v) is 6.02. The Morgan fingerprint density at radius 3 is 2.80 bits per heavy atom. The van der Waals surface area contributed by atoms with Crippen molar-refractivity contribution in [1.29, 1.82) is 0 Å². The zero-order valence-corrected chi connectivity index (χ0v) is 13.3. The van der Waals surface area contributed by atoms with E-state index in [1.54, 1.807) is 6.26 Å². The van der Waals surface area contributed by atoms with Crippen molar-refractivity contribution >= 4 is 21.7 Å². The summed E-state index contributed by atoms with van der Waals surface area (Å²) < 4.78 is 6.54. The van der Waals surface area contributed by atoms with E-state index in [0.29, 0.717) is 11.7 Å². The highest BCUT2D eigenvalue weighted by molar-refractivity contribution is 9.10. The molecule has 1 aliphatic rings. The van der Waals surface area contributed by atoms with Crippen LogP contribution in [0.2, 0.25) is 0 Å². The van der Waals surface area contributed by atoms with E-state index in [9.17, 15) is 0 Å². The van der Waals surface area contributed by atoms with Gasteiger partial charge in [-0.05, 0) is 53.7 Å². The number of aromatic nitrogens is 2. The number of nitrogens with zero attached hydrogens (tertiary/aromatic N) is 2. The molecular weight excluding hydrogens is 318 g/mol. The lowest BCUT2D eigenvalue weighted by molar-refractivity contribution is 0.575. The van der Waals surface area contributed by atoms with E-state index < -0.39 is 0 Å². The highest BCUT2D eigenvalue weighted by Gasteiger charge is 2.30. The van der Waals surface area contributed by atoms with Crippen LogP contribution in [0.15, 0.2) is 21.2 Å². The fourth-order valence-corrected chi connectivity index (χ4v) is 2.80. The first-order chi connectivity index (χ1) is 9.70. The lowest BCUT2D eigenvalue weighted by Crippen LogP contribution is -2.07. The number of halogens is 1. The summed E-state index contributed by atoms with van der Waals surface area (Å²) in [5, 5.41) is 3.37. The SMILES string of the molecule is CCCNc1nc(-c2occc2C)nc(C2CC2)c1Br. The van der Waals surface area contributed by atoms with Crippen molar-refractivity contribution in [1.82, 2.24) is 9.97 Å². The van der Waals surface area contributed by atoms with Crippen LogP contribution in [0, 0.1) is 6.92 Å². The second-order valence-electron chi connectivity index (χ2n) is 5.23. The Balaban J connectivity index is 2.06. The van der Waals surface area contributed by atoms with Crippen LogP contribution in [0.4, 0.5) is 5.82 Å². The Morgan fingerprint density at radius 1 is 1.40 bits per heavy atom. The summed E-state index contributed by atoms with van der Waals surface area (Å²) in [4.78, 5) is 9.34. The van der Waals surface area contributed by atoms with Crippen molar-refractivity contribution in [2.45, 2.75) is 39.0 Å². The van der Waals surface area contributed by atoms with Gasteiger partial charge in [-0.2, -0.15) is 0 Å². The molecule has 0 aliphatic heterocycles. The summed E-state index contributed by atoms with van der Waals surface area (Å²) in [7, 11) is 0. The van der Waals surface area contributed by atoms with Crippen LogP contribution in [-0.4, -0.2) is 16.5 Å². The Labute approximate surface area is 127 Å². The van der Waals surface area contributed by atoms with Gasteiger partial charge in [0.1, 0.15) is 5.82 Å². The maximum absolute atomic E-state index is 5.54. The van der Waals surface area contributed by atoms with Crippen molar-refractivity contribution in [2.24, 2.45) is 0 Å². The minimum Gasteiger partial charge on any atom is -0.461 e. The summed E-state index contributed by atoms with van der Waals surface area (Å²) >= 11 is 3.65. The van der Waals surface area contributed by atoms with Gasteiger partial charge in [0.2, 0.25) is 0 Å². The van der Waals surface area contributed by atoms with Crippen LogP contribution >= 0.6 is 15.9 Å². The van der Waals surface area contributed by atoms with E-state index in [-0.39, 0.29) is 0 Å². The van der Waals surface area contributed by atoms with Crippen LogP contribution in [0.1, 0.15) is 43.4 Å². The fraction of sp³-hybridized carbons (Fsp3) is 0.467. The average Bonchev–Trinajstić information content (AvgIpc) is 3.20. The van der Waals surface area contributed by atoms with E-state index in [1.807, 2.05) is 13.0 Å². The maximum atomic E-state index is 5.54. The molecule has 106 valence electrons. The first-order valence-electron chi connectivity index (χ1n) is 7.06. The van der Waals surface area contributed by atoms with Crippen molar-refractivity contribution in [2.75, 3.05) is 11.9 Å². The Morgan fingerprint density at radius 2 is 2.20 bits per heavy atom. The van der Waals surface area contributed by atoms with E-state index in [4.69, 9.17) is 9.40 Å². The van der Waals surface area contributed by atoms with Crippen molar-refractivity contribution < 1.29 is 4.42 Å². The highest BCUT2D eigenvalue weighted by Crippen LogP contribution is 2.44. The predicted molar refractivity (Wildman–Crippen MR) is 82.9 cm³/mol. The number of anilines is 1. The third-order valence-corrected chi connectivity index (χ3v) is 4.23. The van der Waals surface area contributed by atoms with Gasteiger partial charge in [0, 0.05) is 12.5 Å². The van der Waals surface area contributed by atoms with Crippen molar-refractivity contribution in [3.63, 3.8) is 0 Å². The zero-order chi connectivity index (χ0) is 14.1. The summed E-state index contributed by atoms with van der Waals surface area (Å²) in [6, 6.07) is 1.94. The van der Waals surface area contributed by atoms with Crippen LogP contribution in [-0.2, 0) is 0 Å². The van der Waals surface area contributed by atoms with E-state index >= 15 is 0 Å². The molecule has 20 heavy (non-hydrogen) atoms. The van der Waals surface area contributed by atoms with Crippen LogP contribution in [0.25, 0.3) is 11.6 Å². The summed E-state index contributed by atoms with van der Waals surface area (Å²) in [5.41, 5.74) is 2.17. The lowest BCUT2D eigenvalue weighted by atomic mass is 10.2. The number of hydrogen-bond donors (Lipinski definition) is 1. The standard InChI is InChI=1S/C15H18BrN3O/c1-3-7-17-14-11(16)12(10-4-5-10)18-15(19-14)13-9(2)6-8-20-13/h6,8,10H,3-5,7H2,1-2H3,(H,17,18,19). The van der Waals surface area contributed by atoms with Gasteiger partial charge in [-0.25, -0.2) is 9.97 Å². The molecule has 2 heterocycles. The quantitative estimate of drug-likeness (QED) is 0.873. The summed E-state index contributed by atoms with van der Waals surface area (Å²) in [6.07, 6.45) is 5.16. The molecule has 1 saturated carbocycles. The highest BCUT2D eigenvalue weighted by atomic mass is 79.9. The molecule has 0 amide bonds. The van der Waals surface area contributed by atoms with Gasteiger partial charge in [-0.3, -0.25) is 0 Å². The lowest BCUT2D eigenvalue weighted by Gasteiger charge is -2.11. The molecule has 2 aromatic rings. The number of hydrogen-bond acceptors (Lipinski definition) is 4. The molecule has 3 rings (SSSR count). The van der Waals surface area contributed by atoms with Gasteiger partial charge in [0.25, 0.3) is 0 Å². The van der Waals surface area contributed by atoms with E-state index in [0.717, 1.165) is 40.3 Å². The zero-order valence-electron chi connectivity index (χ0n) is 11.7. The van der Waals surface area contributed by atoms with Gasteiger partial charge in [0.05, 0.1) is 16.4 Å². The van der Waals surface area contributed by atoms with E-state index in [1.165, 1.54) is 12.8 Å². The molecule has 0 bridgehead atoms. The second kappa shape index (κ2) is 5.56. The molecule has 0 aromatic carbocycles. The molecule has 1 N–H and O–H groups in total. The first-order valence-corrected chi connectivity index (χ1v) is 7.85. The van der Waals surface area contributed by atoms with Gasteiger partial charge in [-0.1, -0.05) is 6.92 Å². The van der Waals surface area contributed by atoms with Crippen LogP contribution < -0.4 is 5.32 Å². The van der Waals surface area contributed by atoms with Gasteiger partial charge in [-0.15, -0.1) is 0 Å². The third kappa shape index (κ3) is 2.59. The van der Waals surface area contributed by atoms with E-state index in [2.05, 4.69) is 33.2 Å². The molecule has 0 radical (unpaired) electrons. The molecule has 1 aliphatic carbocycles. The molecule has 0 spiro atoms. The summed E-state index contributed by atoms with van der Waals surface area (Å²) in [5.74, 6) is 2.87. The van der Waals surface area contributed by atoms with Gasteiger partial charge >= 0.3 is 0 Å². The number of nitrogens with one attached hydrogen (secondary N) is 1. The Bertz CT molecular complexity index is 620. The Kier molecular flexibility index (Phi) is 3.78. The maximum Gasteiger partial charge on any atom is 0.198 e. The normalized spacial score (nSPS) is 14.6. The largest absolute Gasteiger partial charge is 0.461 e. The summed E-state index contributed by atoms with van der Waals surface area (Å²) in [6.45, 7) is 5.05. The van der Waals surface area contributed by atoms with Gasteiger partial charge in [0.15, 0.2) is 11.6 Å². The first kappa shape index (κ1) is 13.6. The van der Waals surface area contributed by atoms with Crippen LogP contribution in [0.3, 0.4) is 0 Å². The average molecular weight is 336 g/mol.